The molecule has 0 bridgehead atoms. The van der Waals surface area contributed by atoms with Crippen LogP contribution in [-0.2, 0) is 20.1 Å². The number of nitrogens with zero attached hydrogens (tertiary/aromatic N) is 3. The lowest BCUT2D eigenvalue weighted by Gasteiger charge is -2.36. The van der Waals surface area contributed by atoms with E-state index in [1.54, 1.807) is 31.5 Å². The molecule has 41 heavy (non-hydrogen) atoms. The van der Waals surface area contributed by atoms with E-state index in [4.69, 9.17) is 20.2 Å². The fraction of sp³-hybridized carbons (Fsp3) is 0.533. The van der Waals surface area contributed by atoms with Crippen molar-refractivity contribution in [1.82, 2.24) is 15.0 Å². The van der Waals surface area contributed by atoms with Gasteiger partial charge in [-0.1, -0.05) is 20.3 Å². The van der Waals surface area contributed by atoms with E-state index in [9.17, 15) is 13.2 Å². The highest BCUT2D eigenvalue weighted by Crippen LogP contribution is 2.39. The number of anilines is 2. The number of carbonyl (C=O) groups excluding carboxylic acids is 1. The second-order valence-corrected chi connectivity index (χ2v) is 14.5. The SMILES string of the molecule is CCC[C@](C)(N)c1cnc(O[C@H](C)C[C@@H](C)S(C)(=O)=O)c2cnc(Nc3ccc4c(n3)[C@@H](C)C(C)(C)OC4=O)cc12. The van der Waals surface area contributed by atoms with Gasteiger partial charge in [0.05, 0.1) is 28.0 Å². The Kier molecular flexibility index (Phi) is 8.35. The molecule has 1 aliphatic heterocycles. The summed E-state index contributed by atoms with van der Waals surface area (Å²) in [4.78, 5) is 26.5. The molecule has 0 aliphatic carbocycles. The van der Waals surface area contributed by atoms with Crippen LogP contribution < -0.4 is 15.8 Å². The smallest absolute Gasteiger partial charge is 0.340 e. The third kappa shape index (κ3) is 6.46. The Morgan fingerprint density at radius 3 is 2.54 bits per heavy atom. The van der Waals surface area contributed by atoms with E-state index in [-0.39, 0.29) is 11.9 Å². The van der Waals surface area contributed by atoms with Crippen molar-refractivity contribution in [2.24, 2.45) is 5.73 Å². The van der Waals surface area contributed by atoms with Gasteiger partial charge in [-0.05, 0) is 70.2 Å². The fourth-order valence-electron chi connectivity index (χ4n) is 5.15. The van der Waals surface area contributed by atoms with E-state index in [1.165, 1.54) is 6.26 Å². The number of sulfone groups is 1. The van der Waals surface area contributed by atoms with Gasteiger partial charge in [0.15, 0.2) is 0 Å². The number of hydrogen-bond donors (Lipinski definition) is 2. The molecule has 0 saturated heterocycles. The van der Waals surface area contributed by atoms with Crippen LogP contribution in [0, 0.1) is 0 Å². The van der Waals surface area contributed by atoms with Crippen LogP contribution in [0.5, 0.6) is 5.88 Å². The lowest BCUT2D eigenvalue weighted by molar-refractivity contribution is -0.0189. The largest absolute Gasteiger partial charge is 0.474 e. The molecule has 4 atom stereocenters. The first-order chi connectivity index (χ1) is 19.0. The minimum atomic E-state index is -3.19. The molecule has 10 nitrogen and oxygen atoms in total. The number of pyridine rings is 3. The van der Waals surface area contributed by atoms with Crippen LogP contribution in [0.1, 0.15) is 95.3 Å². The van der Waals surface area contributed by atoms with Crippen molar-refractivity contribution < 1.29 is 22.7 Å². The van der Waals surface area contributed by atoms with Gasteiger partial charge in [-0.15, -0.1) is 0 Å². The Morgan fingerprint density at radius 1 is 1.17 bits per heavy atom. The Hall–Kier alpha value is -3.31. The van der Waals surface area contributed by atoms with Crippen LogP contribution in [0.2, 0.25) is 0 Å². The Labute approximate surface area is 242 Å². The Morgan fingerprint density at radius 2 is 1.88 bits per heavy atom. The van der Waals surface area contributed by atoms with Gasteiger partial charge in [0, 0.05) is 36.5 Å². The predicted molar refractivity (Wildman–Crippen MR) is 160 cm³/mol. The van der Waals surface area contributed by atoms with Crippen LogP contribution in [0.25, 0.3) is 10.8 Å². The first kappa shape index (κ1) is 30.6. The third-order valence-electron chi connectivity index (χ3n) is 8.04. The molecule has 3 N–H and O–H groups in total. The molecular weight excluding hydrogens is 542 g/mol. The molecule has 4 rings (SSSR count). The maximum Gasteiger partial charge on any atom is 0.340 e. The van der Waals surface area contributed by atoms with Crippen molar-refractivity contribution in [1.29, 1.82) is 0 Å². The summed E-state index contributed by atoms with van der Waals surface area (Å²) in [7, 11) is -3.19. The number of fused-ring (bicyclic) bond motifs is 2. The molecule has 0 radical (unpaired) electrons. The normalized spacial score (nSPS) is 19.5. The average molecular weight is 584 g/mol. The molecule has 0 aromatic carbocycles. The molecular formula is C30H41N5O5S. The van der Waals surface area contributed by atoms with Crippen molar-refractivity contribution >= 4 is 38.2 Å². The highest BCUT2D eigenvalue weighted by atomic mass is 32.2. The third-order valence-corrected chi connectivity index (χ3v) is 9.69. The molecule has 4 heterocycles. The van der Waals surface area contributed by atoms with Gasteiger partial charge in [-0.25, -0.2) is 28.2 Å². The van der Waals surface area contributed by atoms with Crippen LogP contribution in [0.15, 0.2) is 30.6 Å². The summed E-state index contributed by atoms with van der Waals surface area (Å²) in [6, 6.07) is 5.35. The zero-order valence-electron chi connectivity index (χ0n) is 25.1. The second-order valence-electron chi connectivity index (χ2n) is 12.0. The molecule has 0 amide bonds. The zero-order valence-corrected chi connectivity index (χ0v) is 25.9. The Bertz CT molecular complexity index is 1570. The van der Waals surface area contributed by atoms with E-state index >= 15 is 0 Å². The number of hydrogen-bond acceptors (Lipinski definition) is 10. The van der Waals surface area contributed by atoms with Gasteiger partial charge in [0.1, 0.15) is 27.1 Å². The monoisotopic (exact) mass is 583 g/mol. The van der Waals surface area contributed by atoms with Gasteiger partial charge in [0.2, 0.25) is 5.88 Å². The zero-order chi connectivity index (χ0) is 30.3. The molecule has 0 spiro atoms. The molecule has 3 aromatic heterocycles. The summed E-state index contributed by atoms with van der Waals surface area (Å²) < 4.78 is 35.6. The molecule has 0 unspecified atom stereocenters. The van der Waals surface area contributed by atoms with Gasteiger partial charge in [0.25, 0.3) is 0 Å². The number of carbonyl (C=O) groups is 1. The maximum absolute atomic E-state index is 12.5. The lowest BCUT2D eigenvalue weighted by Crippen LogP contribution is -2.39. The number of nitrogens with one attached hydrogen (secondary N) is 1. The quantitative estimate of drug-likeness (QED) is 0.298. The summed E-state index contributed by atoms with van der Waals surface area (Å²) in [5, 5.41) is 4.23. The van der Waals surface area contributed by atoms with Crippen LogP contribution in [0.4, 0.5) is 11.6 Å². The van der Waals surface area contributed by atoms with Crippen LogP contribution in [0.3, 0.4) is 0 Å². The van der Waals surface area contributed by atoms with Crippen LogP contribution in [-0.4, -0.2) is 52.5 Å². The molecule has 0 saturated carbocycles. The van der Waals surface area contributed by atoms with Crippen molar-refractivity contribution in [2.75, 3.05) is 11.6 Å². The van der Waals surface area contributed by atoms with E-state index in [0.29, 0.717) is 40.6 Å². The number of rotatable bonds is 10. The van der Waals surface area contributed by atoms with Gasteiger partial charge < -0.3 is 20.5 Å². The molecule has 222 valence electrons. The van der Waals surface area contributed by atoms with E-state index in [0.717, 1.165) is 23.8 Å². The molecule has 1 aliphatic rings. The highest BCUT2D eigenvalue weighted by molar-refractivity contribution is 7.91. The van der Waals surface area contributed by atoms with Gasteiger partial charge >= 0.3 is 5.97 Å². The van der Waals surface area contributed by atoms with Gasteiger partial charge in [-0.3, -0.25) is 0 Å². The summed E-state index contributed by atoms with van der Waals surface area (Å²) in [6.45, 7) is 13.3. The average Bonchev–Trinajstić information content (AvgIpc) is 2.86. The lowest BCUT2D eigenvalue weighted by atomic mass is 9.84. The second kappa shape index (κ2) is 11.2. The molecule has 11 heteroatoms. The van der Waals surface area contributed by atoms with E-state index < -0.39 is 32.3 Å². The molecule has 3 aromatic rings. The maximum atomic E-state index is 12.5. The summed E-state index contributed by atoms with van der Waals surface area (Å²) in [6.07, 6.45) is 6.21. The van der Waals surface area contributed by atoms with Crippen molar-refractivity contribution in [3.8, 4) is 5.88 Å². The van der Waals surface area contributed by atoms with Crippen molar-refractivity contribution in [3.63, 3.8) is 0 Å². The first-order valence-electron chi connectivity index (χ1n) is 14.0. The number of cyclic esters (lactones) is 1. The predicted octanol–water partition coefficient (Wildman–Crippen LogP) is 5.39. The fourth-order valence-corrected chi connectivity index (χ4v) is 5.77. The summed E-state index contributed by atoms with van der Waals surface area (Å²) in [5.41, 5.74) is 7.43. The molecule has 0 fully saturated rings. The summed E-state index contributed by atoms with van der Waals surface area (Å²) in [5.74, 6) is 0.976. The highest BCUT2D eigenvalue weighted by Gasteiger charge is 2.40. The number of nitrogens with two attached hydrogens (primary N) is 1. The van der Waals surface area contributed by atoms with Crippen molar-refractivity contribution in [3.05, 3.63) is 47.4 Å². The van der Waals surface area contributed by atoms with E-state index in [2.05, 4.69) is 22.2 Å². The Balaban J connectivity index is 1.72. The standard InChI is InChI=1S/C30H41N5O5S/c1-9-12-30(7,31)23-16-33-27(39-17(2)13-18(3)41(8,37)38)22-15-32-25(14-21(22)23)34-24-11-10-20-26(35-24)19(4)29(5,6)40-28(20)36/h10-11,14-19H,9,12-13,31H2,1-8H3,(H,32,34,35)/t17-,18-,19-,30+/m1/s1. The van der Waals surface area contributed by atoms with Crippen LogP contribution >= 0.6 is 0 Å². The van der Waals surface area contributed by atoms with Crippen molar-refractivity contribution in [2.45, 2.75) is 96.1 Å². The summed E-state index contributed by atoms with van der Waals surface area (Å²) >= 11 is 0. The topological polar surface area (TPSA) is 146 Å². The number of ether oxygens (including phenoxy) is 2. The van der Waals surface area contributed by atoms with Gasteiger partial charge in [-0.2, -0.15) is 0 Å². The minimum absolute atomic E-state index is 0.0988. The minimum Gasteiger partial charge on any atom is -0.474 e. The number of aromatic nitrogens is 3. The van der Waals surface area contributed by atoms with E-state index in [1.807, 2.05) is 40.7 Å². The number of esters is 1. The first-order valence-corrected chi connectivity index (χ1v) is 15.9.